The van der Waals surface area contributed by atoms with Gasteiger partial charge in [0.05, 0.1) is 0 Å². The Bertz CT molecular complexity index is 994. The zero-order chi connectivity index (χ0) is 19.1. The van der Waals surface area contributed by atoms with Crippen LogP contribution in [0.25, 0.3) is 21.7 Å². The first-order valence-electron chi connectivity index (χ1n) is 8.61. The van der Waals surface area contributed by atoms with Crippen molar-refractivity contribution in [3.05, 3.63) is 47.7 Å². The Hall–Kier alpha value is -2.82. The second-order valence-corrected chi connectivity index (χ2v) is 7.51. The fourth-order valence-electron chi connectivity index (χ4n) is 2.88. The average Bonchev–Trinajstić information content (AvgIpc) is 2.90. The number of hydrogen-bond acceptors (Lipinski definition) is 4. The largest absolute Gasteiger partial charge is 0.448 e. The quantitative estimate of drug-likeness (QED) is 0.711. The third kappa shape index (κ3) is 3.43. The smallest absolute Gasteiger partial charge is 0.375 e. The summed E-state index contributed by atoms with van der Waals surface area (Å²) in [4.78, 5) is 24.7. The Morgan fingerprint density at radius 1 is 1.08 bits per heavy atom. The van der Waals surface area contributed by atoms with Crippen molar-refractivity contribution in [3.63, 3.8) is 0 Å². The van der Waals surface area contributed by atoms with Crippen molar-refractivity contribution in [3.8, 4) is 0 Å². The fraction of sp³-hybridized carbons (Fsp3) is 0.333. The van der Waals surface area contributed by atoms with Crippen LogP contribution in [-0.2, 0) is 9.53 Å². The Labute approximate surface area is 152 Å². The number of benzene rings is 2. The van der Waals surface area contributed by atoms with E-state index in [-0.39, 0.29) is 11.7 Å². The van der Waals surface area contributed by atoms with Gasteiger partial charge in [-0.2, -0.15) is 0 Å². The third-order valence-corrected chi connectivity index (χ3v) is 4.16. The van der Waals surface area contributed by atoms with Gasteiger partial charge in [-0.3, -0.25) is 4.79 Å². The minimum Gasteiger partial charge on any atom is -0.448 e. The summed E-state index contributed by atoms with van der Waals surface area (Å²) >= 11 is 0. The number of hydrogen-bond donors (Lipinski definition) is 1. The van der Waals surface area contributed by atoms with Gasteiger partial charge in [0.15, 0.2) is 6.10 Å². The van der Waals surface area contributed by atoms with Crippen molar-refractivity contribution in [1.29, 1.82) is 0 Å². The maximum absolute atomic E-state index is 12.6. The molecule has 0 aliphatic carbocycles. The first-order chi connectivity index (χ1) is 12.2. The molecule has 1 amide bonds. The molecular weight excluding hydrogens is 330 g/mol. The number of rotatable bonds is 3. The van der Waals surface area contributed by atoms with E-state index >= 15 is 0 Å². The SMILES string of the molecule is Cc1c(C(=O)O[C@@H](C)C(=O)NC(C)(C)C)oc2c1ccc1ccccc12. The van der Waals surface area contributed by atoms with Crippen LogP contribution in [0.2, 0.25) is 0 Å². The monoisotopic (exact) mass is 353 g/mol. The molecule has 3 aromatic rings. The second kappa shape index (κ2) is 6.48. The molecule has 0 bridgehead atoms. The third-order valence-electron chi connectivity index (χ3n) is 4.16. The van der Waals surface area contributed by atoms with E-state index in [4.69, 9.17) is 9.15 Å². The summed E-state index contributed by atoms with van der Waals surface area (Å²) in [6.45, 7) is 8.97. The number of esters is 1. The topological polar surface area (TPSA) is 68.5 Å². The molecule has 1 N–H and O–H groups in total. The van der Waals surface area contributed by atoms with Gasteiger partial charge in [0.2, 0.25) is 5.76 Å². The molecule has 0 fully saturated rings. The van der Waals surface area contributed by atoms with Crippen LogP contribution in [0.4, 0.5) is 0 Å². The van der Waals surface area contributed by atoms with E-state index in [1.54, 1.807) is 6.92 Å². The molecule has 5 nitrogen and oxygen atoms in total. The first kappa shape index (κ1) is 18.0. The summed E-state index contributed by atoms with van der Waals surface area (Å²) in [5.41, 5.74) is 0.963. The maximum atomic E-state index is 12.6. The Kier molecular flexibility index (Phi) is 4.48. The highest BCUT2D eigenvalue weighted by Crippen LogP contribution is 2.32. The molecule has 0 unspecified atom stereocenters. The van der Waals surface area contributed by atoms with Gasteiger partial charge >= 0.3 is 5.97 Å². The molecule has 26 heavy (non-hydrogen) atoms. The van der Waals surface area contributed by atoms with Crippen molar-refractivity contribution in [2.24, 2.45) is 0 Å². The highest BCUT2D eigenvalue weighted by atomic mass is 16.6. The predicted octanol–water partition coefficient (Wildman–Crippen LogP) is 4.35. The lowest BCUT2D eigenvalue weighted by atomic mass is 10.1. The number of carbonyl (C=O) groups excluding carboxylic acids is 2. The molecule has 0 aliphatic rings. The van der Waals surface area contributed by atoms with Gasteiger partial charge in [-0.15, -0.1) is 0 Å². The van der Waals surface area contributed by atoms with E-state index in [2.05, 4.69) is 5.32 Å². The molecule has 0 radical (unpaired) electrons. The van der Waals surface area contributed by atoms with Crippen molar-refractivity contribution in [1.82, 2.24) is 5.32 Å². The minimum atomic E-state index is -0.911. The molecule has 0 saturated heterocycles. The van der Waals surface area contributed by atoms with Gasteiger partial charge in [-0.05, 0) is 40.0 Å². The van der Waals surface area contributed by atoms with Crippen LogP contribution >= 0.6 is 0 Å². The lowest BCUT2D eigenvalue weighted by molar-refractivity contribution is -0.130. The van der Waals surface area contributed by atoms with Gasteiger partial charge in [0.25, 0.3) is 5.91 Å². The van der Waals surface area contributed by atoms with Crippen LogP contribution in [0.15, 0.2) is 40.8 Å². The van der Waals surface area contributed by atoms with E-state index < -0.39 is 17.6 Å². The van der Waals surface area contributed by atoms with Crippen molar-refractivity contribution in [2.75, 3.05) is 0 Å². The normalized spacial score (nSPS) is 13.0. The van der Waals surface area contributed by atoms with Crippen LogP contribution < -0.4 is 5.32 Å². The Balaban J connectivity index is 1.90. The number of ether oxygens (including phenoxy) is 1. The van der Waals surface area contributed by atoms with Crippen molar-refractivity contribution in [2.45, 2.75) is 46.3 Å². The van der Waals surface area contributed by atoms with Gasteiger partial charge in [-0.25, -0.2) is 4.79 Å². The highest BCUT2D eigenvalue weighted by Gasteiger charge is 2.26. The molecule has 0 saturated carbocycles. The van der Waals surface area contributed by atoms with E-state index in [1.165, 1.54) is 0 Å². The number of aryl methyl sites for hydroxylation is 1. The van der Waals surface area contributed by atoms with Crippen LogP contribution in [0.5, 0.6) is 0 Å². The Morgan fingerprint density at radius 2 is 1.77 bits per heavy atom. The lowest BCUT2D eigenvalue weighted by Gasteiger charge is -2.23. The van der Waals surface area contributed by atoms with Gasteiger partial charge < -0.3 is 14.5 Å². The molecule has 0 spiro atoms. The molecule has 3 rings (SSSR count). The molecule has 1 aromatic heterocycles. The zero-order valence-corrected chi connectivity index (χ0v) is 15.7. The van der Waals surface area contributed by atoms with E-state index in [1.807, 2.05) is 64.1 Å². The molecule has 0 aliphatic heterocycles. The number of nitrogens with one attached hydrogen (secondary N) is 1. The van der Waals surface area contributed by atoms with Crippen molar-refractivity contribution < 1.29 is 18.7 Å². The molecule has 5 heteroatoms. The number of amides is 1. The predicted molar refractivity (Wildman–Crippen MR) is 101 cm³/mol. The van der Waals surface area contributed by atoms with Gasteiger partial charge in [0.1, 0.15) is 5.58 Å². The molecule has 136 valence electrons. The maximum Gasteiger partial charge on any atom is 0.375 e. The average molecular weight is 353 g/mol. The van der Waals surface area contributed by atoms with Gasteiger partial charge in [0, 0.05) is 21.9 Å². The number of fused-ring (bicyclic) bond motifs is 3. The van der Waals surface area contributed by atoms with Crippen molar-refractivity contribution >= 4 is 33.6 Å². The van der Waals surface area contributed by atoms with E-state index in [0.717, 1.165) is 16.2 Å². The van der Waals surface area contributed by atoms with Crippen LogP contribution in [-0.4, -0.2) is 23.5 Å². The van der Waals surface area contributed by atoms with E-state index in [9.17, 15) is 9.59 Å². The van der Waals surface area contributed by atoms with E-state index in [0.29, 0.717) is 11.1 Å². The molecular formula is C21H23NO4. The number of furan rings is 1. The summed E-state index contributed by atoms with van der Waals surface area (Å²) in [6, 6.07) is 11.8. The minimum absolute atomic E-state index is 0.131. The summed E-state index contributed by atoms with van der Waals surface area (Å²) in [7, 11) is 0. The summed E-state index contributed by atoms with van der Waals surface area (Å²) in [5, 5.41) is 5.63. The lowest BCUT2D eigenvalue weighted by Crippen LogP contribution is -2.46. The Morgan fingerprint density at radius 3 is 2.46 bits per heavy atom. The second-order valence-electron chi connectivity index (χ2n) is 7.51. The number of carbonyl (C=O) groups is 2. The zero-order valence-electron chi connectivity index (χ0n) is 15.7. The van der Waals surface area contributed by atoms with Crippen LogP contribution in [0, 0.1) is 6.92 Å². The fourth-order valence-corrected chi connectivity index (χ4v) is 2.88. The van der Waals surface area contributed by atoms with Crippen LogP contribution in [0.3, 0.4) is 0 Å². The molecule has 1 atom stereocenters. The highest BCUT2D eigenvalue weighted by molar-refractivity contribution is 6.08. The summed E-state index contributed by atoms with van der Waals surface area (Å²) in [5.74, 6) is -0.851. The molecule has 1 heterocycles. The summed E-state index contributed by atoms with van der Waals surface area (Å²) < 4.78 is 11.2. The standard InChI is InChI=1S/C21H23NO4/c1-12-15-11-10-14-8-6-7-9-16(14)18(15)26-17(12)20(24)25-13(2)19(23)22-21(3,4)5/h6-11,13H,1-5H3,(H,22,23)/t13-/m0/s1. The first-order valence-corrected chi connectivity index (χ1v) is 8.61. The van der Waals surface area contributed by atoms with Crippen LogP contribution in [0.1, 0.15) is 43.8 Å². The van der Waals surface area contributed by atoms with Gasteiger partial charge in [-0.1, -0.05) is 36.4 Å². The molecule has 2 aromatic carbocycles. The summed E-state index contributed by atoms with van der Waals surface area (Å²) in [6.07, 6.45) is -0.911.